The van der Waals surface area contributed by atoms with E-state index in [1.165, 1.54) is 6.08 Å². The van der Waals surface area contributed by atoms with Gasteiger partial charge in [-0.05, 0) is 19.3 Å². The lowest BCUT2D eigenvalue weighted by Crippen LogP contribution is -1.98. The van der Waals surface area contributed by atoms with Gasteiger partial charge in [-0.3, -0.25) is 0 Å². The van der Waals surface area contributed by atoms with Crippen LogP contribution in [0.15, 0.2) is 24.3 Å². The van der Waals surface area contributed by atoms with Crippen molar-refractivity contribution in [2.75, 3.05) is 6.61 Å². The van der Waals surface area contributed by atoms with Crippen molar-refractivity contribution in [3.05, 3.63) is 24.3 Å². The molecular weight excluding hydrogens is 164 g/mol. The molecule has 0 fully saturated rings. The number of hydrogen-bond acceptors (Lipinski definition) is 2. The molecule has 0 N–H and O–H groups in total. The lowest BCUT2D eigenvalue weighted by atomic mass is 10.1. The highest BCUT2D eigenvalue weighted by Crippen LogP contribution is 1.99. The summed E-state index contributed by atoms with van der Waals surface area (Å²) in [6, 6.07) is 0. The SMILES string of the molecule is CCOC(=O)/C=C/C=C/CC(C)C. The van der Waals surface area contributed by atoms with Gasteiger partial charge < -0.3 is 4.74 Å². The minimum absolute atomic E-state index is 0.281. The molecule has 0 radical (unpaired) electrons. The molecular formula is C11H18O2. The highest BCUT2D eigenvalue weighted by molar-refractivity contribution is 5.82. The fourth-order valence-electron chi connectivity index (χ4n) is 0.754. The number of ether oxygens (including phenoxy) is 1. The first-order valence-electron chi connectivity index (χ1n) is 4.66. The third kappa shape index (κ3) is 8.86. The maximum absolute atomic E-state index is 10.8. The Hall–Kier alpha value is -1.05. The second kappa shape index (κ2) is 7.59. The number of rotatable bonds is 5. The Morgan fingerprint density at radius 3 is 2.62 bits per heavy atom. The van der Waals surface area contributed by atoms with Gasteiger partial charge in [0.15, 0.2) is 0 Å². The van der Waals surface area contributed by atoms with Crippen LogP contribution in [0.25, 0.3) is 0 Å². The van der Waals surface area contributed by atoms with Crippen LogP contribution in [0.4, 0.5) is 0 Å². The summed E-state index contributed by atoms with van der Waals surface area (Å²) in [5, 5.41) is 0. The van der Waals surface area contributed by atoms with Crippen molar-refractivity contribution in [3.8, 4) is 0 Å². The first-order chi connectivity index (χ1) is 6.16. The monoisotopic (exact) mass is 182 g/mol. The summed E-state index contributed by atoms with van der Waals surface area (Å²) in [6.07, 6.45) is 8.09. The van der Waals surface area contributed by atoms with Crippen LogP contribution in [0, 0.1) is 5.92 Å². The largest absolute Gasteiger partial charge is 0.463 e. The van der Waals surface area contributed by atoms with Crippen molar-refractivity contribution in [1.82, 2.24) is 0 Å². The first kappa shape index (κ1) is 11.9. The fourth-order valence-corrected chi connectivity index (χ4v) is 0.754. The summed E-state index contributed by atoms with van der Waals surface area (Å²) < 4.78 is 4.71. The number of carbonyl (C=O) groups is 1. The molecule has 0 aliphatic heterocycles. The Morgan fingerprint density at radius 2 is 2.08 bits per heavy atom. The van der Waals surface area contributed by atoms with Gasteiger partial charge in [0, 0.05) is 6.08 Å². The van der Waals surface area contributed by atoms with E-state index in [9.17, 15) is 4.79 Å². The highest BCUT2D eigenvalue weighted by Gasteiger charge is 1.90. The van der Waals surface area contributed by atoms with Crippen molar-refractivity contribution in [3.63, 3.8) is 0 Å². The Bertz CT molecular complexity index is 190. The summed E-state index contributed by atoms with van der Waals surface area (Å²) in [7, 11) is 0. The van der Waals surface area contributed by atoms with E-state index >= 15 is 0 Å². The molecule has 74 valence electrons. The van der Waals surface area contributed by atoms with Gasteiger partial charge in [-0.15, -0.1) is 0 Å². The predicted molar refractivity (Wildman–Crippen MR) is 54.4 cm³/mol. The number of hydrogen-bond donors (Lipinski definition) is 0. The third-order valence-corrected chi connectivity index (χ3v) is 1.37. The van der Waals surface area contributed by atoms with E-state index in [0.29, 0.717) is 12.5 Å². The Balaban J connectivity index is 3.61. The molecule has 0 heterocycles. The van der Waals surface area contributed by atoms with Gasteiger partial charge in [0.05, 0.1) is 6.61 Å². The lowest BCUT2D eigenvalue weighted by Gasteiger charge is -1.95. The van der Waals surface area contributed by atoms with Gasteiger partial charge in [-0.2, -0.15) is 0 Å². The second-order valence-corrected chi connectivity index (χ2v) is 3.17. The zero-order chi connectivity index (χ0) is 10.1. The average Bonchev–Trinajstić information content (AvgIpc) is 2.03. The molecule has 2 nitrogen and oxygen atoms in total. The summed E-state index contributed by atoms with van der Waals surface area (Å²) in [6.45, 7) is 6.53. The van der Waals surface area contributed by atoms with Crippen molar-refractivity contribution in [2.45, 2.75) is 27.2 Å². The normalized spacial score (nSPS) is 11.7. The molecule has 0 aromatic rings. The van der Waals surface area contributed by atoms with Crippen molar-refractivity contribution >= 4 is 5.97 Å². The van der Waals surface area contributed by atoms with Crippen LogP contribution < -0.4 is 0 Å². The smallest absolute Gasteiger partial charge is 0.330 e. The lowest BCUT2D eigenvalue weighted by molar-refractivity contribution is -0.137. The maximum atomic E-state index is 10.8. The zero-order valence-electron chi connectivity index (χ0n) is 8.62. The van der Waals surface area contributed by atoms with Crippen LogP contribution >= 0.6 is 0 Å². The number of allylic oxidation sites excluding steroid dienone is 3. The van der Waals surface area contributed by atoms with Crippen LogP contribution in [0.3, 0.4) is 0 Å². The van der Waals surface area contributed by atoms with E-state index in [2.05, 4.69) is 13.8 Å². The van der Waals surface area contributed by atoms with E-state index in [1.54, 1.807) is 13.0 Å². The fraction of sp³-hybridized carbons (Fsp3) is 0.545. The van der Waals surface area contributed by atoms with E-state index in [0.717, 1.165) is 6.42 Å². The Morgan fingerprint density at radius 1 is 1.38 bits per heavy atom. The van der Waals surface area contributed by atoms with Gasteiger partial charge in [-0.25, -0.2) is 4.79 Å². The standard InChI is InChI=1S/C11H18O2/c1-4-13-11(12)9-7-5-6-8-10(2)3/h5-7,9-10H,4,8H2,1-3H3/b6-5+,9-7+. The van der Waals surface area contributed by atoms with Crippen LogP contribution in [-0.4, -0.2) is 12.6 Å². The van der Waals surface area contributed by atoms with Gasteiger partial charge in [-0.1, -0.05) is 32.1 Å². The zero-order valence-corrected chi connectivity index (χ0v) is 8.62. The summed E-state index contributed by atoms with van der Waals surface area (Å²) in [5.41, 5.74) is 0. The molecule has 0 aliphatic rings. The summed E-state index contributed by atoms with van der Waals surface area (Å²) in [4.78, 5) is 10.8. The van der Waals surface area contributed by atoms with Crippen LogP contribution in [-0.2, 0) is 9.53 Å². The van der Waals surface area contributed by atoms with E-state index < -0.39 is 0 Å². The summed E-state index contributed by atoms with van der Waals surface area (Å²) >= 11 is 0. The number of carbonyl (C=O) groups excluding carboxylic acids is 1. The van der Waals surface area contributed by atoms with Crippen molar-refractivity contribution in [2.24, 2.45) is 5.92 Å². The van der Waals surface area contributed by atoms with Crippen LogP contribution in [0.5, 0.6) is 0 Å². The first-order valence-corrected chi connectivity index (χ1v) is 4.66. The molecule has 0 aromatic carbocycles. The van der Waals surface area contributed by atoms with E-state index in [4.69, 9.17) is 4.74 Å². The third-order valence-electron chi connectivity index (χ3n) is 1.37. The average molecular weight is 182 g/mol. The van der Waals surface area contributed by atoms with Crippen LogP contribution in [0.1, 0.15) is 27.2 Å². The van der Waals surface area contributed by atoms with Gasteiger partial charge in [0.1, 0.15) is 0 Å². The van der Waals surface area contributed by atoms with Gasteiger partial charge in [0.25, 0.3) is 0 Å². The molecule has 0 saturated carbocycles. The molecule has 0 aliphatic carbocycles. The predicted octanol–water partition coefficient (Wildman–Crippen LogP) is 2.71. The Kier molecular flexibility index (Phi) is 6.98. The molecule has 0 atom stereocenters. The molecule has 0 rings (SSSR count). The van der Waals surface area contributed by atoms with Crippen molar-refractivity contribution < 1.29 is 9.53 Å². The van der Waals surface area contributed by atoms with Crippen LogP contribution in [0.2, 0.25) is 0 Å². The maximum Gasteiger partial charge on any atom is 0.330 e. The van der Waals surface area contributed by atoms with E-state index in [1.807, 2.05) is 12.2 Å². The molecule has 0 bridgehead atoms. The Labute approximate surface area is 80.3 Å². The molecule has 0 aromatic heterocycles. The molecule has 0 amide bonds. The minimum atomic E-state index is -0.281. The molecule has 0 saturated heterocycles. The quantitative estimate of drug-likeness (QED) is 0.371. The highest BCUT2D eigenvalue weighted by atomic mass is 16.5. The second-order valence-electron chi connectivity index (χ2n) is 3.17. The van der Waals surface area contributed by atoms with E-state index in [-0.39, 0.29) is 5.97 Å². The van der Waals surface area contributed by atoms with Gasteiger partial charge >= 0.3 is 5.97 Å². The topological polar surface area (TPSA) is 26.3 Å². The minimum Gasteiger partial charge on any atom is -0.463 e. The summed E-state index contributed by atoms with van der Waals surface area (Å²) in [5.74, 6) is 0.379. The molecule has 0 spiro atoms. The number of esters is 1. The van der Waals surface area contributed by atoms with Gasteiger partial charge in [0.2, 0.25) is 0 Å². The molecule has 13 heavy (non-hydrogen) atoms. The molecule has 0 unspecified atom stereocenters. The molecule has 2 heteroatoms. The van der Waals surface area contributed by atoms with Crippen molar-refractivity contribution in [1.29, 1.82) is 0 Å².